The highest BCUT2D eigenvalue weighted by Gasteiger charge is 2.39. The third kappa shape index (κ3) is 3.97. The first-order valence-electron chi connectivity index (χ1n) is 13.1. The SMILES string of the molecule is C1=CC2OC3=C(C=CCC3)C2C(c2ccccc2C2C=C(c3ccccc3)NC(c3ccccc3)=N2)=C1. The molecule has 4 aliphatic rings. The Morgan fingerprint density at radius 1 is 0.838 bits per heavy atom. The molecule has 0 bridgehead atoms. The van der Waals surface area contributed by atoms with E-state index >= 15 is 0 Å². The summed E-state index contributed by atoms with van der Waals surface area (Å²) in [7, 11) is 0. The van der Waals surface area contributed by atoms with Crippen LogP contribution in [0.2, 0.25) is 0 Å². The second-order valence-electron chi connectivity index (χ2n) is 9.83. The van der Waals surface area contributed by atoms with Crippen molar-refractivity contribution in [2.75, 3.05) is 0 Å². The van der Waals surface area contributed by atoms with Crippen LogP contribution >= 0.6 is 0 Å². The van der Waals surface area contributed by atoms with Gasteiger partial charge in [0.15, 0.2) is 0 Å². The molecule has 3 heteroatoms. The normalized spacial score (nSPS) is 23.8. The van der Waals surface area contributed by atoms with E-state index in [-0.39, 0.29) is 18.1 Å². The second kappa shape index (κ2) is 9.25. The topological polar surface area (TPSA) is 33.6 Å². The molecule has 0 saturated carbocycles. The summed E-state index contributed by atoms with van der Waals surface area (Å²) in [5, 5.41) is 3.61. The van der Waals surface area contributed by atoms with Crippen molar-refractivity contribution in [3.8, 4) is 0 Å². The van der Waals surface area contributed by atoms with Crippen molar-refractivity contribution in [2.24, 2.45) is 10.9 Å². The van der Waals surface area contributed by atoms with Crippen LogP contribution in [0.1, 0.15) is 41.1 Å². The summed E-state index contributed by atoms with van der Waals surface area (Å²) in [6.45, 7) is 0. The summed E-state index contributed by atoms with van der Waals surface area (Å²) < 4.78 is 6.41. The number of ether oxygens (including phenoxy) is 1. The number of allylic oxidation sites excluding steroid dienone is 5. The van der Waals surface area contributed by atoms with Crippen LogP contribution < -0.4 is 5.32 Å². The number of fused-ring (bicyclic) bond motifs is 2. The standard InChI is InChI=1S/C34H28N2O/c1-3-12-23(13-4-1)29-22-30(36-34(35-29)24-14-5-2-6-15-24)26-17-8-7-16-25(26)27-19-11-21-32-33(27)28-18-9-10-20-31(28)37-32/h1-9,11-19,21-22,30,32-33H,10,20H2,(H,35,36). The number of rotatable bonds is 4. The number of aliphatic imine (C=N–C) groups is 1. The molecule has 7 rings (SSSR count). The van der Waals surface area contributed by atoms with E-state index < -0.39 is 0 Å². The van der Waals surface area contributed by atoms with Gasteiger partial charge in [0, 0.05) is 23.3 Å². The van der Waals surface area contributed by atoms with Gasteiger partial charge >= 0.3 is 0 Å². The molecule has 3 unspecified atom stereocenters. The molecule has 2 aliphatic heterocycles. The van der Waals surface area contributed by atoms with Crippen LogP contribution in [0.3, 0.4) is 0 Å². The van der Waals surface area contributed by atoms with E-state index in [2.05, 4.69) is 121 Å². The summed E-state index contributed by atoms with van der Waals surface area (Å²) in [6.07, 6.45) is 15.6. The van der Waals surface area contributed by atoms with Crippen molar-refractivity contribution in [3.63, 3.8) is 0 Å². The minimum Gasteiger partial charge on any atom is -0.489 e. The Kier molecular flexibility index (Phi) is 5.47. The molecule has 1 N–H and O–H groups in total. The third-order valence-corrected chi connectivity index (χ3v) is 7.58. The maximum atomic E-state index is 6.41. The van der Waals surface area contributed by atoms with Crippen LogP contribution in [0.5, 0.6) is 0 Å². The minimum atomic E-state index is -0.120. The van der Waals surface area contributed by atoms with Gasteiger partial charge in [0.25, 0.3) is 0 Å². The number of hydrogen-bond donors (Lipinski definition) is 1. The molecule has 2 aliphatic carbocycles. The molecule has 37 heavy (non-hydrogen) atoms. The van der Waals surface area contributed by atoms with Crippen molar-refractivity contribution in [3.05, 3.63) is 155 Å². The second-order valence-corrected chi connectivity index (χ2v) is 9.83. The number of benzene rings is 3. The Morgan fingerprint density at radius 3 is 2.43 bits per heavy atom. The first-order chi connectivity index (χ1) is 18.3. The molecular formula is C34H28N2O. The van der Waals surface area contributed by atoms with Gasteiger partial charge in [-0.05, 0) is 40.8 Å². The molecule has 0 saturated heterocycles. The molecule has 3 aromatic carbocycles. The fourth-order valence-electron chi connectivity index (χ4n) is 5.84. The van der Waals surface area contributed by atoms with Gasteiger partial charge in [-0.15, -0.1) is 0 Å². The van der Waals surface area contributed by atoms with E-state index in [4.69, 9.17) is 9.73 Å². The van der Waals surface area contributed by atoms with E-state index in [0.29, 0.717) is 0 Å². The molecule has 0 radical (unpaired) electrons. The number of nitrogens with zero attached hydrogens (tertiary/aromatic N) is 1. The average Bonchev–Trinajstić information content (AvgIpc) is 3.37. The first kappa shape index (κ1) is 21.9. The Labute approximate surface area is 217 Å². The highest BCUT2D eigenvalue weighted by atomic mass is 16.5. The quantitative estimate of drug-likeness (QED) is 0.422. The smallest absolute Gasteiger partial charge is 0.133 e. The minimum absolute atomic E-state index is 0.0626. The van der Waals surface area contributed by atoms with Crippen molar-refractivity contribution in [2.45, 2.75) is 25.0 Å². The summed E-state index contributed by atoms with van der Waals surface area (Å²) in [6, 6.07) is 29.5. The lowest BCUT2D eigenvalue weighted by Crippen LogP contribution is -2.28. The highest BCUT2D eigenvalue weighted by molar-refractivity contribution is 6.05. The van der Waals surface area contributed by atoms with E-state index in [1.165, 1.54) is 22.3 Å². The summed E-state index contributed by atoms with van der Waals surface area (Å²) in [5.74, 6) is 2.26. The molecule has 0 spiro atoms. The molecule has 0 fully saturated rings. The van der Waals surface area contributed by atoms with Crippen LogP contribution in [0.4, 0.5) is 0 Å². The van der Waals surface area contributed by atoms with Crippen LogP contribution in [-0.4, -0.2) is 11.9 Å². The lowest BCUT2D eigenvalue weighted by atomic mass is 9.77. The van der Waals surface area contributed by atoms with Gasteiger partial charge in [-0.2, -0.15) is 0 Å². The summed E-state index contributed by atoms with van der Waals surface area (Å²) in [4.78, 5) is 5.25. The van der Waals surface area contributed by atoms with Crippen molar-refractivity contribution >= 4 is 17.1 Å². The first-order valence-corrected chi connectivity index (χ1v) is 13.1. The average molecular weight is 481 g/mol. The predicted octanol–water partition coefficient (Wildman–Crippen LogP) is 7.39. The largest absolute Gasteiger partial charge is 0.489 e. The van der Waals surface area contributed by atoms with E-state index in [1.54, 1.807) is 0 Å². The van der Waals surface area contributed by atoms with Crippen molar-refractivity contribution in [1.82, 2.24) is 5.32 Å². The van der Waals surface area contributed by atoms with Crippen LogP contribution in [0.25, 0.3) is 11.3 Å². The Morgan fingerprint density at radius 2 is 1.59 bits per heavy atom. The predicted molar refractivity (Wildman–Crippen MR) is 151 cm³/mol. The van der Waals surface area contributed by atoms with E-state index in [0.717, 1.165) is 41.3 Å². The fourth-order valence-corrected chi connectivity index (χ4v) is 5.84. The number of nitrogens with one attached hydrogen (secondary N) is 1. The molecule has 3 aromatic rings. The van der Waals surface area contributed by atoms with Gasteiger partial charge in [-0.25, -0.2) is 0 Å². The van der Waals surface area contributed by atoms with E-state index in [1.807, 2.05) is 6.07 Å². The van der Waals surface area contributed by atoms with Crippen LogP contribution in [0.15, 0.2) is 138 Å². The van der Waals surface area contributed by atoms with Gasteiger partial charge < -0.3 is 10.1 Å². The molecule has 2 heterocycles. The summed E-state index contributed by atoms with van der Waals surface area (Å²) >= 11 is 0. The molecule has 0 amide bonds. The Balaban J connectivity index is 1.35. The number of amidine groups is 1. The van der Waals surface area contributed by atoms with Crippen LogP contribution in [-0.2, 0) is 4.74 Å². The van der Waals surface area contributed by atoms with Crippen molar-refractivity contribution in [1.29, 1.82) is 0 Å². The molecular weight excluding hydrogens is 452 g/mol. The Bertz CT molecular complexity index is 1470. The van der Waals surface area contributed by atoms with Gasteiger partial charge in [0.2, 0.25) is 0 Å². The van der Waals surface area contributed by atoms with Crippen molar-refractivity contribution < 1.29 is 4.74 Å². The molecule has 3 atom stereocenters. The molecule has 3 nitrogen and oxygen atoms in total. The van der Waals surface area contributed by atoms with Gasteiger partial charge in [-0.3, -0.25) is 4.99 Å². The lowest BCUT2D eigenvalue weighted by molar-refractivity contribution is 0.160. The lowest BCUT2D eigenvalue weighted by Gasteiger charge is -2.28. The van der Waals surface area contributed by atoms with Crippen LogP contribution in [0, 0.1) is 5.92 Å². The number of hydrogen-bond acceptors (Lipinski definition) is 3. The van der Waals surface area contributed by atoms with Gasteiger partial charge in [-0.1, -0.05) is 109 Å². The fraction of sp³-hybridized carbons (Fsp3) is 0.147. The maximum absolute atomic E-state index is 6.41. The molecule has 0 aromatic heterocycles. The zero-order valence-corrected chi connectivity index (χ0v) is 20.5. The highest BCUT2D eigenvalue weighted by Crippen LogP contribution is 2.47. The molecule has 180 valence electrons. The zero-order chi connectivity index (χ0) is 24.6. The zero-order valence-electron chi connectivity index (χ0n) is 20.5. The maximum Gasteiger partial charge on any atom is 0.133 e. The monoisotopic (exact) mass is 480 g/mol. The van der Waals surface area contributed by atoms with E-state index in [9.17, 15) is 0 Å². The van der Waals surface area contributed by atoms with Gasteiger partial charge in [0.05, 0.1) is 12.0 Å². The Hall–Kier alpha value is -4.37. The summed E-state index contributed by atoms with van der Waals surface area (Å²) in [5.41, 5.74) is 8.40. The van der Waals surface area contributed by atoms with Gasteiger partial charge in [0.1, 0.15) is 17.7 Å². The third-order valence-electron chi connectivity index (χ3n) is 7.58.